The van der Waals surface area contributed by atoms with E-state index in [9.17, 15) is 5.11 Å². The van der Waals surface area contributed by atoms with E-state index in [0.717, 1.165) is 25.7 Å². The highest BCUT2D eigenvalue weighted by molar-refractivity contribution is 4.88. The third kappa shape index (κ3) is 1.50. The summed E-state index contributed by atoms with van der Waals surface area (Å²) >= 11 is 0. The molecular formula is C10H20O2. The summed E-state index contributed by atoms with van der Waals surface area (Å²) < 4.78 is 5.46. The zero-order valence-electron chi connectivity index (χ0n) is 8.34. The fraction of sp³-hybridized carbons (Fsp3) is 1.00. The number of aliphatic hydroxyl groups is 1. The summed E-state index contributed by atoms with van der Waals surface area (Å²) in [6.45, 7) is 6.38. The van der Waals surface area contributed by atoms with Gasteiger partial charge in [0.25, 0.3) is 0 Å². The van der Waals surface area contributed by atoms with E-state index in [-0.39, 0.29) is 11.5 Å². The Morgan fingerprint density at radius 2 is 1.92 bits per heavy atom. The third-order valence-electron chi connectivity index (χ3n) is 3.34. The minimum absolute atomic E-state index is 0.0423. The standard InChI is InChI=1S/C10H20O2/c1-4-8-7-10(5-2,6-3)9(11)12-8/h8-9,11H,4-7H2,1-3H3. The topological polar surface area (TPSA) is 29.5 Å². The van der Waals surface area contributed by atoms with Crippen molar-refractivity contribution in [2.75, 3.05) is 0 Å². The third-order valence-corrected chi connectivity index (χ3v) is 3.34. The van der Waals surface area contributed by atoms with Crippen LogP contribution in [0.25, 0.3) is 0 Å². The van der Waals surface area contributed by atoms with Gasteiger partial charge in [-0.3, -0.25) is 0 Å². The first-order chi connectivity index (χ1) is 5.68. The van der Waals surface area contributed by atoms with Crippen molar-refractivity contribution < 1.29 is 9.84 Å². The molecule has 0 aromatic heterocycles. The van der Waals surface area contributed by atoms with Crippen LogP contribution in [0.5, 0.6) is 0 Å². The van der Waals surface area contributed by atoms with Gasteiger partial charge in [-0.2, -0.15) is 0 Å². The Labute approximate surface area is 74.9 Å². The van der Waals surface area contributed by atoms with Crippen LogP contribution in [-0.2, 0) is 4.74 Å². The molecule has 1 fully saturated rings. The zero-order valence-corrected chi connectivity index (χ0v) is 8.34. The zero-order chi connectivity index (χ0) is 9.19. The number of hydrogen-bond donors (Lipinski definition) is 1. The van der Waals surface area contributed by atoms with Gasteiger partial charge in [0.05, 0.1) is 6.10 Å². The number of hydrogen-bond acceptors (Lipinski definition) is 2. The average molecular weight is 172 g/mol. The molecule has 2 unspecified atom stereocenters. The summed E-state index contributed by atoms with van der Waals surface area (Å²) in [5.41, 5.74) is 0.0423. The van der Waals surface area contributed by atoms with Gasteiger partial charge in [-0.15, -0.1) is 0 Å². The Kier molecular flexibility index (Phi) is 3.13. The molecule has 1 aliphatic heterocycles. The molecule has 0 bridgehead atoms. The minimum atomic E-state index is -0.530. The molecule has 1 heterocycles. The van der Waals surface area contributed by atoms with E-state index in [2.05, 4.69) is 20.8 Å². The van der Waals surface area contributed by atoms with Gasteiger partial charge in [0.15, 0.2) is 6.29 Å². The second-order valence-corrected chi connectivity index (χ2v) is 3.79. The molecule has 2 heteroatoms. The highest BCUT2D eigenvalue weighted by Gasteiger charge is 2.44. The summed E-state index contributed by atoms with van der Waals surface area (Å²) in [5, 5.41) is 9.72. The molecular weight excluding hydrogens is 152 g/mol. The predicted octanol–water partition coefficient (Wildman–Crippen LogP) is 2.31. The van der Waals surface area contributed by atoms with Gasteiger partial charge in [-0.25, -0.2) is 0 Å². The molecule has 2 nitrogen and oxygen atoms in total. The van der Waals surface area contributed by atoms with Crippen molar-refractivity contribution in [1.29, 1.82) is 0 Å². The SMILES string of the molecule is CCC1CC(CC)(CC)C(O)O1. The van der Waals surface area contributed by atoms with Crippen LogP contribution in [0.15, 0.2) is 0 Å². The van der Waals surface area contributed by atoms with E-state index >= 15 is 0 Å². The van der Waals surface area contributed by atoms with Gasteiger partial charge in [0, 0.05) is 5.41 Å². The van der Waals surface area contributed by atoms with Crippen LogP contribution in [0.3, 0.4) is 0 Å². The van der Waals surface area contributed by atoms with Crippen molar-refractivity contribution in [2.24, 2.45) is 5.41 Å². The molecule has 2 atom stereocenters. The van der Waals surface area contributed by atoms with Gasteiger partial charge in [-0.05, 0) is 25.7 Å². The van der Waals surface area contributed by atoms with E-state index in [1.165, 1.54) is 0 Å². The van der Waals surface area contributed by atoms with Crippen LogP contribution in [0.4, 0.5) is 0 Å². The molecule has 0 aromatic rings. The Bertz CT molecular complexity index is 141. The van der Waals surface area contributed by atoms with Crippen LogP contribution in [0.2, 0.25) is 0 Å². The van der Waals surface area contributed by atoms with Gasteiger partial charge in [0.1, 0.15) is 0 Å². The normalized spacial score (nSPS) is 34.0. The lowest BCUT2D eigenvalue weighted by atomic mass is 9.79. The summed E-state index contributed by atoms with van der Waals surface area (Å²) in [6.07, 6.45) is 3.82. The van der Waals surface area contributed by atoms with E-state index in [0.29, 0.717) is 0 Å². The van der Waals surface area contributed by atoms with Crippen LogP contribution in [0, 0.1) is 5.41 Å². The first-order valence-electron chi connectivity index (χ1n) is 5.02. The number of ether oxygens (including phenoxy) is 1. The lowest BCUT2D eigenvalue weighted by Gasteiger charge is -2.27. The van der Waals surface area contributed by atoms with Crippen molar-refractivity contribution in [2.45, 2.75) is 58.8 Å². The summed E-state index contributed by atoms with van der Waals surface area (Å²) in [6, 6.07) is 0. The van der Waals surface area contributed by atoms with E-state index < -0.39 is 6.29 Å². The van der Waals surface area contributed by atoms with Crippen LogP contribution in [-0.4, -0.2) is 17.5 Å². The van der Waals surface area contributed by atoms with Crippen molar-refractivity contribution in [3.8, 4) is 0 Å². The second kappa shape index (κ2) is 3.75. The minimum Gasteiger partial charge on any atom is -0.367 e. The van der Waals surface area contributed by atoms with Crippen molar-refractivity contribution in [3.63, 3.8) is 0 Å². The Hall–Kier alpha value is -0.0800. The molecule has 12 heavy (non-hydrogen) atoms. The van der Waals surface area contributed by atoms with Gasteiger partial charge < -0.3 is 9.84 Å². The second-order valence-electron chi connectivity index (χ2n) is 3.79. The summed E-state index contributed by atoms with van der Waals surface area (Å²) in [4.78, 5) is 0. The van der Waals surface area contributed by atoms with Crippen LogP contribution in [0.1, 0.15) is 46.5 Å². The molecule has 0 amide bonds. The van der Waals surface area contributed by atoms with Gasteiger partial charge >= 0.3 is 0 Å². The monoisotopic (exact) mass is 172 g/mol. The molecule has 0 radical (unpaired) electrons. The Morgan fingerprint density at radius 3 is 2.17 bits per heavy atom. The molecule has 1 rings (SSSR count). The molecule has 0 saturated carbocycles. The maximum Gasteiger partial charge on any atom is 0.160 e. The van der Waals surface area contributed by atoms with Crippen LogP contribution < -0.4 is 0 Å². The highest BCUT2D eigenvalue weighted by Crippen LogP contribution is 2.43. The maximum atomic E-state index is 9.72. The predicted molar refractivity (Wildman–Crippen MR) is 48.8 cm³/mol. The van der Waals surface area contributed by atoms with Crippen molar-refractivity contribution in [1.82, 2.24) is 0 Å². The molecule has 0 aromatic carbocycles. The molecule has 72 valence electrons. The molecule has 1 saturated heterocycles. The average Bonchev–Trinajstić information content (AvgIpc) is 2.43. The van der Waals surface area contributed by atoms with Crippen LogP contribution >= 0.6 is 0 Å². The Balaban J connectivity index is 2.65. The molecule has 0 aliphatic carbocycles. The smallest absolute Gasteiger partial charge is 0.160 e. The number of rotatable bonds is 3. The Morgan fingerprint density at radius 1 is 1.33 bits per heavy atom. The molecule has 0 spiro atoms. The lowest BCUT2D eigenvalue weighted by molar-refractivity contribution is -0.137. The van der Waals surface area contributed by atoms with Crippen molar-refractivity contribution in [3.05, 3.63) is 0 Å². The summed E-state index contributed by atoms with van der Waals surface area (Å²) in [5.74, 6) is 0. The summed E-state index contributed by atoms with van der Waals surface area (Å²) in [7, 11) is 0. The van der Waals surface area contributed by atoms with Gasteiger partial charge in [-0.1, -0.05) is 20.8 Å². The first-order valence-corrected chi connectivity index (χ1v) is 5.02. The van der Waals surface area contributed by atoms with E-state index in [4.69, 9.17) is 4.74 Å². The first kappa shape index (κ1) is 10.0. The lowest BCUT2D eigenvalue weighted by Crippen LogP contribution is -2.29. The molecule has 1 aliphatic rings. The molecule has 1 N–H and O–H groups in total. The van der Waals surface area contributed by atoms with E-state index in [1.807, 2.05) is 0 Å². The quantitative estimate of drug-likeness (QED) is 0.708. The van der Waals surface area contributed by atoms with Crippen molar-refractivity contribution >= 4 is 0 Å². The fourth-order valence-electron chi connectivity index (χ4n) is 2.06. The number of aliphatic hydroxyl groups excluding tert-OH is 1. The largest absolute Gasteiger partial charge is 0.367 e. The van der Waals surface area contributed by atoms with E-state index in [1.54, 1.807) is 0 Å². The van der Waals surface area contributed by atoms with Gasteiger partial charge in [0.2, 0.25) is 0 Å². The fourth-order valence-corrected chi connectivity index (χ4v) is 2.06. The highest BCUT2D eigenvalue weighted by atomic mass is 16.6. The maximum absolute atomic E-state index is 9.72.